The smallest absolute Gasteiger partial charge is 0.262 e. The normalized spacial score (nSPS) is 17.2. The number of carbonyl (C=O) groups excluding carboxylic acids is 1. The highest BCUT2D eigenvalue weighted by molar-refractivity contribution is 7.89. The van der Waals surface area contributed by atoms with Crippen LogP contribution in [0.2, 0.25) is 5.02 Å². The van der Waals surface area contributed by atoms with Crippen LogP contribution in [0.15, 0.2) is 41.3 Å². The molecule has 2 aliphatic heterocycles. The molecule has 2 heterocycles. The first-order chi connectivity index (χ1) is 13.9. The number of anilines is 1. The highest BCUT2D eigenvalue weighted by Crippen LogP contribution is 2.34. The number of amides is 1. The third kappa shape index (κ3) is 3.74. The van der Waals surface area contributed by atoms with Crippen molar-refractivity contribution in [3.63, 3.8) is 0 Å². The minimum absolute atomic E-state index is 0.213. The summed E-state index contributed by atoms with van der Waals surface area (Å²) in [6, 6.07) is 9.98. The molecule has 0 unspecified atom stereocenters. The van der Waals surface area contributed by atoms with Gasteiger partial charge in [-0.1, -0.05) is 18.0 Å². The molecule has 0 spiro atoms. The standard InChI is InChI=1S/C21H23ClN2O4S/c1-28-20-8-5-16(22)14-18(20)21(25)24-12-9-15-13-17(6-7-19(15)24)29(26,27)23-10-3-2-4-11-23/h5-8,13-14H,2-4,9-12H2,1H3. The van der Waals surface area contributed by atoms with Crippen LogP contribution in [-0.2, 0) is 16.4 Å². The number of halogens is 1. The van der Waals surface area contributed by atoms with E-state index in [9.17, 15) is 13.2 Å². The molecule has 2 aromatic carbocycles. The SMILES string of the molecule is COc1ccc(Cl)cc1C(=O)N1CCc2cc(S(=O)(=O)N3CCCCC3)ccc21. The minimum atomic E-state index is -3.50. The lowest BCUT2D eigenvalue weighted by molar-refractivity contribution is 0.0986. The number of sulfonamides is 1. The van der Waals surface area contributed by atoms with Crippen molar-refractivity contribution in [1.82, 2.24) is 4.31 Å². The van der Waals surface area contributed by atoms with Gasteiger partial charge in [-0.3, -0.25) is 4.79 Å². The van der Waals surface area contributed by atoms with Crippen LogP contribution >= 0.6 is 11.6 Å². The zero-order valence-corrected chi connectivity index (χ0v) is 17.8. The molecule has 6 nitrogen and oxygen atoms in total. The van der Waals surface area contributed by atoms with Crippen LogP contribution in [0, 0.1) is 0 Å². The highest BCUT2D eigenvalue weighted by Gasteiger charge is 2.31. The molecule has 1 saturated heterocycles. The Morgan fingerprint density at radius 1 is 1.03 bits per heavy atom. The van der Waals surface area contributed by atoms with Gasteiger partial charge in [0.1, 0.15) is 5.75 Å². The van der Waals surface area contributed by atoms with Crippen molar-refractivity contribution in [3.8, 4) is 5.75 Å². The predicted molar refractivity (Wildman–Crippen MR) is 112 cm³/mol. The highest BCUT2D eigenvalue weighted by atomic mass is 35.5. The first kappa shape index (κ1) is 20.2. The first-order valence-electron chi connectivity index (χ1n) is 9.70. The number of carbonyl (C=O) groups is 1. The fourth-order valence-corrected chi connectivity index (χ4v) is 5.74. The average Bonchev–Trinajstić information content (AvgIpc) is 3.17. The van der Waals surface area contributed by atoms with E-state index in [1.165, 1.54) is 7.11 Å². The number of hydrogen-bond donors (Lipinski definition) is 0. The fraction of sp³-hybridized carbons (Fsp3) is 0.381. The largest absolute Gasteiger partial charge is 0.496 e. The second kappa shape index (κ2) is 7.97. The van der Waals surface area contributed by atoms with Crippen molar-refractivity contribution < 1.29 is 17.9 Å². The number of rotatable bonds is 4. The van der Waals surface area contributed by atoms with Crippen LogP contribution in [0.5, 0.6) is 5.75 Å². The lowest BCUT2D eigenvalue weighted by atomic mass is 10.1. The summed E-state index contributed by atoms with van der Waals surface area (Å²) in [5.74, 6) is 0.242. The molecular formula is C21H23ClN2O4S. The number of fused-ring (bicyclic) bond motifs is 1. The summed E-state index contributed by atoms with van der Waals surface area (Å²) in [4.78, 5) is 15.1. The van der Waals surface area contributed by atoms with Crippen LogP contribution in [0.3, 0.4) is 0 Å². The lowest BCUT2D eigenvalue weighted by Crippen LogP contribution is -2.35. The molecule has 1 amide bonds. The van der Waals surface area contributed by atoms with Gasteiger partial charge in [-0.2, -0.15) is 4.31 Å². The Morgan fingerprint density at radius 3 is 2.52 bits per heavy atom. The first-order valence-corrected chi connectivity index (χ1v) is 11.5. The Morgan fingerprint density at radius 2 is 1.79 bits per heavy atom. The number of methoxy groups -OCH3 is 1. The summed E-state index contributed by atoms with van der Waals surface area (Å²) in [5.41, 5.74) is 1.98. The molecule has 4 rings (SSSR count). The Bertz CT molecular complexity index is 1050. The van der Waals surface area contributed by atoms with Crippen LogP contribution in [0.4, 0.5) is 5.69 Å². The van der Waals surface area contributed by atoms with E-state index in [2.05, 4.69) is 0 Å². The summed E-state index contributed by atoms with van der Waals surface area (Å²) in [6.45, 7) is 1.62. The molecule has 0 bridgehead atoms. The van der Waals surface area contributed by atoms with Crippen molar-refractivity contribution in [2.24, 2.45) is 0 Å². The second-order valence-corrected chi connectivity index (χ2v) is 9.68. The molecule has 29 heavy (non-hydrogen) atoms. The van der Waals surface area contributed by atoms with E-state index in [0.29, 0.717) is 47.3 Å². The average molecular weight is 435 g/mol. The number of hydrogen-bond acceptors (Lipinski definition) is 4. The predicted octanol–water partition coefficient (Wildman–Crippen LogP) is 3.73. The Balaban J connectivity index is 1.64. The Kier molecular flexibility index (Phi) is 5.55. The summed E-state index contributed by atoms with van der Waals surface area (Å²) in [5, 5.41) is 0.455. The molecular weight excluding hydrogens is 412 g/mol. The van der Waals surface area contributed by atoms with E-state index < -0.39 is 10.0 Å². The van der Waals surface area contributed by atoms with Gasteiger partial charge >= 0.3 is 0 Å². The van der Waals surface area contributed by atoms with Crippen LogP contribution in [0.25, 0.3) is 0 Å². The fourth-order valence-electron chi connectivity index (χ4n) is 4.00. The topological polar surface area (TPSA) is 66.9 Å². The zero-order chi connectivity index (χ0) is 20.6. The third-order valence-electron chi connectivity index (χ3n) is 5.54. The summed E-state index contributed by atoms with van der Waals surface area (Å²) >= 11 is 6.07. The molecule has 1 fully saturated rings. The number of piperidine rings is 1. The van der Waals surface area contributed by atoms with E-state index in [4.69, 9.17) is 16.3 Å². The molecule has 2 aliphatic rings. The molecule has 0 N–H and O–H groups in total. The van der Waals surface area contributed by atoms with E-state index in [1.807, 2.05) is 0 Å². The van der Waals surface area contributed by atoms with Gasteiger partial charge < -0.3 is 9.64 Å². The van der Waals surface area contributed by atoms with Gasteiger partial charge in [0.2, 0.25) is 10.0 Å². The van der Waals surface area contributed by atoms with Gasteiger partial charge in [-0.15, -0.1) is 0 Å². The van der Waals surface area contributed by atoms with Gasteiger partial charge in [0.05, 0.1) is 17.6 Å². The van der Waals surface area contributed by atoms with E-state index in [1.54, 1.807) is 45.6 Å². The zero-order valence-electron chi connectivity index (χ0n) is 16.2. The van der Waals surface area contributed by atoms with Crippen LogP contribution in [0.1, 0.15) is 35.2 Å². The van der Waals surface area contributed by atoms with Crippen molar-refractivity contribution in [1.29, 1.82) is 0 Å². The quantitative estimate of drug-likeness (QED) is 0.735. The number of benzene rings is 2. The van der Waals surface area contributed by atoms with Crippen molar-refractivity contribution in [3.05, 3.63) is 52.5 Å². The van der Waals surface area contributed by atoms with Crippen molar-refractivity contribution in [2.45, 2.75) is 30.6 Å². The lowest BCUT2D eigenvalue weighted by Gasteiger charge is -2.26. The number of ether oxygens (including phenoxy) is 1. The Hall–Kier alpha value is -2.09. The second-order valence-electron chi connectivity index (χ2n) is 7.31. The maximum Gasteiger partial charge on any atom is 0.262 e. The third-order valence-corrected chi connectivity index (χ3v) is 7.67. The van der Waals surface area contributed by atoms with Gasteiger partial charge in [0.15, 0.2) is 0 Å². The molecule has 0 aliphatic carbocycles. The molecule has 154 valence electrons. The van der Waals surface area contributed by atoms with Crippen LogP contribution in [-0.4, -0.2) is 45.4 Å². The molecule has 0 aromatic heterocycles. The van der Waals surface area contributed by atoms with Gasteiger partial charge in [-0.05, 0) is 61.2 Å². The van der Waals surface area contributed by atoms with Gasteiger partial charge in [0, 0.05) is 30.3 Å². The molecule has 0 radical (unpaired) electrons. The molecule has 2 aromatic rings. The number of nitrogens with zero attached hydrogens (tertiary/aromatic N) is 2. The maximum atomic E-state index is 13.1. The maximum absolute atomic E-state index is 13.1. The molecule has 0 saturated carbocycles. The van der Waals surface area contributed by atoms with Crippen molar-refractivity contribution >= 4 is 33.2 Å². The van der Waals surface area contributed by atoms with Crippen LogP contribution < -0.4 is 9.64 Å². The molecule has 8 heteroatoms. The Labute approximate surface area is 176 Å². The minimum Gasteiger partial charge on any atom is -0.496 e. The summed E-state index contributed by atoms with van der Waals surface area (Å²) < 4.78 is 32.8. The van der Waals surface area contributed by atoms with E-state index in [0.717, 1.165) is 30.5 Å². The summed E-state index contributed by atoms with van der Waals surface area (Å²) in [7, 11) is -1.99. The van der Waals surface area contributed by atoms with Gasteiger partial charge in [0.25, 0.3) is 5.91 Å². The van der Waals surface area contributed by atoms with E-state index >= 15 is 0 Å². The molecule has 0 atom stereocenters. The van der Waals surface area contributed by atoms with Gasteiger partial charge in [-0.25, -0.2) is 8.42 Å². The van der Waals surface area contributed by atoms with Crippen molar-refractivity contribution in [2.75, 3.05) is 31.6 Å². The monoisotopic (exact) mass is 434 g/mol. The summed E-state index contributed by atoms with van der Waals surface area (Å²) in [6.07, 6.45) is 3.47. The van der Waals surface area contributed by atoms with E-state index in [-0.39, 0.29) is 5.91 Å².